The number of carbonyl (C=O) groups is 4. The molecule has 0 saturated heterocycles. The summed E-state index contributed by atoms with van der Waals surface area (Å²) in [4.78, 5) is 50.5. The van der Waals surface area contributed by atoms with Gasteiger partial charge in [0.1, 0.15) is 12.2 Å². The fraction of sp³-hybridized carbons (Fsp3) is 0.556. The highest BCUT2D eigenvalue weighted by atomic mass is 16.6. The number of rotatable bonds is 3. The van der Waals surface area contributed by atoms with Gasteiger partial charge in [-0.1, -0.05) is 24.1 Å². The van der Waals surface area contributed by atoms with Gasteiger partial charge in [0.15, 0.2) is 11.9 Å². The van der Waals surface area contributed by atoms with Crippen LogP contribution in [0.4, 0.5) is 0 Å². The van der Waals surface area contributed by atoms with Crippen molar-refractivity contribution in [2.45, 2.75) is 86.0 Å². The van der Waals surface area contributed by atoms with E-state index < -0.39 is 35.7 Å². The van der Waals surface area contributed by atoms with Crippen LogP contribution < -0.4 is 0 Å². The first-order valence-electron chi connectivity index (χ1n) is 11.7. The van der Waals surface area contributed by atoms with Gasteiger partial charge in [-0.15, -0.1) is 0 Å². The number of allylic oxidation sites excluding steroid dienone is 3. The first-order chi connectivity index (χ1) is 15.9. The zero-order valence-electron chi connectivity index (χ0n) is 21.0. The summed E-state index contributed by atoms with van der Waals surface area (Å²) in [5, 5.41) is 0. The Morgan fingerprint density at radius 3 is 2.44 bits per heavy atom. The van der Waals surface area contributed by atoms with E-state index in [1.165, 1.54) is 13.0 Å². The summed E-state index contributed by atoms with van der Waals surface area (Å²) in [7, 11) is 0. The Kier molecular flexibility index (Phi) is 7.34. The van der Waals surface area contributed by atoms with Crippen molar-refractivity contribution in [3.05, 3.63) is 46.1 Å². The molecule has 1 heterocycles. The summed E-state index contributed by atoms with van der Waals surface area (Å²) < 4.78 is 17.3. The second-order valence-corrected chi connectivity index (χ2v) is 9.80. The van der Waals surface area contributed by atoms with Crippen molar-refractivity contribution < 1.29 is 33.4 Å². The number of ketones is 1. The van der Waals surface area contributed by atoms with E-state index in [2.05, 4.69) is 0 Å². The summed E-state index contributed by atoms with van der Waals surface area (Å²) in [6.45, 7) is 12.1. The summed E-state index contributed by atoms with van der Waals surface area (Å²) in [5.74, 6) is -2.07. The van der Waals surface area contributed by atoms with Gasteiger partial charge in [0.25, 0.3) is 0 Å². The van der Waals surface area contributed by atoms with E-state index in [0.29, 0.717) is 30.4 Å². The Labute approximate surface area is 200 Å². The van der Waals surface area contributed by atoms with E-state index in [9.17, 15) is 19.2 Å². The van der Waals surface area contributed by atoms with Crippen molar-refractivity contribution in [1.29, 1.82) is 0 Å². The lowest BCUT2D eigenvalue weighted by atomic mass is 9.59. The number of hydrogen-bond donors (Lipinski definition) is 0. The Hall–Kier alpha value is -2.96. The van der Waals surface area contributed by atoms with Gasteiger partial charge in [-0.25, -0.2) is 9.59 Å². The fourth-order valence-corrected chi connectivity index (χ4v) is 5.29. The van der Waals surface area contributed by atoms with Gasteiger partial charge in [0.2, 0.25) is 0 Å². The maximum absolute atomic E-state index is 13.2. The Morgan fingerprint density at radius 1 is 1.15 bits per heavy atom. The summed E-state index contributed by atoms with van der Waals surface area (Å²) in [5.41, 5.74) is 2.56. The van der Waals surface area contributed by atoms with Crippen molar-refractivity contribution >= 4 is 23.7 Å². The third kappa shape index (κ3) is 4.65. The van der Waals surface area contributed by atoms with Crippen molar-refractivity contribution in [3.63, 3.8) is 0 Å². The minimum atomic E-state index is -1.12. The van der Waals surface area contributed by atoms with E-state index >= 15 is 0 Å². The molecule has 3 rings (SSSR count). The van der Waals surface area contributed by atoms with Crippen LogP contribution in [-0.4, -0.2) is 42.0 Å². The maximum Gasteiger partial charge on any atom is 0.334 e. The molecule has 5 atom stereocenters. The molecule has 0 radical (unpaired) electrons. The first kappa shape index (κ1) is 25.7. The first-order valence-corrected chi connectivity index (χ1v) is 11.7. The second-order valence-electron chi connectivity index (χ2n) is 9.80. The lowest BCUT2D eigenvalue weighted by Gasteiger charge is -2.49. The van der Waals surface area contributed by atoms with Crippen molar-refractivity contribution in [2.75, 3.05) is 0 Å². The average Bonchev–Trinajstić information content (AvgIpc) is 3.02. The molecule has 0 aromatic heterocycles. The van der Waals surface area contributed by atoms with Crippen LogP contribution in [0.15, 0.2) is 46.1 Å². The molecular weight excluding hydrogens is 436 g/mol. The molecule has 0 spiro atoms. The van der Waals surface area contributed by atoms with Crippen LogP contribution in [0, 0.1) is 11.3 Å². The predicted molar refractivity (Wildman–Crippen MR) is 125 cm³/mol. The van der Waals surface area contributed by atoms with Crippen molar-refractivity contribution in [3.8, 4) is 0 Å². The average molecular weight is 471 g/mol. The van der Waals surface area contributed by atoms with Gasteiger partial charge in [0.05, 0.1) is 5.41 Å². The SMILES string of the molecule is C/C=C(\C)C(=O)O[C@@H]1CC/C(C)=C\[C@@H]2OC(=O)C(C)=C2CC2C(C)=CC(=O)[C@H](OC(C)=O)[C@@]21C. The molecule has 0 aromatic rings. The van der Waals surface area contributed by atoms with Crippen LogP contribution in [0.5, 0.6) is 0 Å². The monoisotopic (exact) mass is 470 g/mol. The summed E-state index contributed by atoms with van der Waals surface area (Å²) >= 11 is 0. The van der Waals surface area contributed by atoms with Crippen LogP contribution in [0.1, 0.15) is 67.7 Å². The Bertz CT molecular complexity index is 1040. The molecule has 0 N–H and O–H groups in total. The molecule has 0 aromatic carbocycles. The third-order valence-corrected chi connectivity index (χ3v) is 7.50. The van der Waals surface area contributed by atoms with Gasteiger partial charge >= 0.3 is 17.9 Å². The van der Waals surface area contributed by atoms with Gasteiger partial charge in [-0.2, -0.15) is 0 Å². The van der Waals surface area contributed by atoms with E-state index in [-0.39, 0.29) is 17.7 Å². The predicted octanol–water partition coefficient (Wildman–Crippen LogP) is 4.32. The maximum atomic E-state index is 13.2. The third-order valence-electron chi connectivity index (χ3n) is 7.50. The molecule has 1 unspecified atom stereocenters. The molecule has 1 aliphatic heterocycles. The van der Waals surface area contributed by atoms with Gasteiger partial charge < -0.3 is 14.2 Å². The fourth-order valence-electron chi connectivity index (χ4n) is 5.29. The van der Waals surface area contributed by atoms with Crippen LogP contribution in [0.3, 0.4) is 0 Å². The van der Waals surface area contributed by atoms with Crippen molar-refractivity contribution in [2.24, 2.45) is 11.3 Å². The van der Waals surface area contributed by atoms with Gasteiger partial charge in [-0.3, -0.25) is 9.59 Å². The normalized spacial score (nSPS) is 33.7. The molecule has 0 bridgehead atoms. The van der Waals surface area contributed by atoms with Gasteiger partial charge in [0, 0.05) is 18.1 Å². The van der Waals surface area contributed by atoms with E-state index in [4.69, 9.17) is 14.2 Å². The quantitative estimate of drug-likeness (QED) is 0.262. The molecule has 2 aliphatic carbocycles. The Balaban J connectivity index is 2.22. The summed E-state index contributed by atoms with van der Waals surface area (Å²) in [6.07, 6.45) is 4.21. The van der Waals surface area contributed by atoms with E-state index in [1.54, 1.807) is 26.8 Å². The molecule has 0 fully saturated rings. The topological polar surface area (TPSA) is 96.0 Å². The number of carbonyl (C=O) groups excluding carboxylic acids is 4. The lowest BCUT2D eigenvalue weighted by Crippen LogP contribution is -2.57. The second kappa shape index (κ2) is 9.72. The number of ether oxygens (including phenoxy) is 3. The molecule has 7 nitrogen and oxygen atoms in total. The molecule has 34 heavy (non-hydrogen) atoms. The van der Waals surface area contributed by atoms with Crippen LogP contribution in [0.25, 0.3) is 0 Å². The largest absolute Gasteiger partial charge is 0.458 e. The minimum absolute atomic E-state index is 0.327. The smallest absolute Gasteiger partial charge is 0.334 e. The van der Waals surface area contributed by atoms with Crippen LogP contribution in [0.2, 0.25) is 0 Å². The van der Waals surface area contributed by atoms with Crippen LogP contribution >= 0.6 is 0 Å². The molecule has 0 saturated carbocycles. The number of fused-ring (bicyclic) bond motifs is 2. The van der Waals surface area contributed by atoms with Crippen LogP contribution in [-0.2, 0) is 33.4 Å². The molecule has 7 heteroatoms. The Morgan fingerprint density at radius 2 is 1.82 bits per heavy atom. The molecule has 0 amide bonds. The number of esters is 3. The molecular formula is C27H34O7. The highest BCUT2D eigenvalue weighted by Crippen LogP contribution is 2.51. The highest BCUT2D eigenvalue weighted by molar-refractivity contribution is 5.97. The lowest BCUT2D eigenvalue weighted by molar-refractivity contribution is -0.181. The number of hydrogen-bond acceptors (Lipinski definition) is 7. The molecule has 3 aliphatic rings. The highest BCUT2D eigenvalue weighted by Gasteiger charge is 2.57. The van der Waals surface area contributed by atoms with E-state index in [1.807, 2.05) is 26.8 Å². The zero-order valence-corrected chi connectivity index (χ0v) is 21.0. The zero-order chi connectivity index (χ0) is 25.4. The van der Waals surface area contributed by atoms with E-state index in [0.717, 1.165) is 16.7 Å². The molecule has 184 valence electrons. The summed E-state index contributed by atoms with van der Waals surface area (Å²) in [6, 6.07) is 0. The standard InChI is InChI=1S/C27H34O7/c1-8-15(3)25(30)34-23-10-9-14(2)11-22-19(17(5)26(31)33-22)13-20-16(4)12-21(29)24(27(20,23)7)32-18(6)28/h8,11-12,20,22-24H,9-10,13H2,1-7H3/b14-11-,15-8+/t20?,22-,23+,24-,27-/m0/s1. The van der Waals surface area contributed by atoms with Gasteiger partial charge in [-0.05, 0) is 77.5 Å². The van der Waals surface area contributed by atoms with Crippen molar-refractivity contribution in [1.82, 2.24) is 0 Å². The minimum Gasteiger partial charge on any atom is -0.458 e.